The van der Waals surface area contributed by atoms with E-state index in [1.54, 1.807) is 0 Å². The highest BCUT2D eigenvalue weighted by atomic mass is 15.1. The van der Waals surface area contributed by atoms with E-state index in [0.717, 1.165) is 22.7 Å². The van der Waals surface area contributed by atoms with E-state index in [2.05, 4.69) is 34.6 Å². The second-order valence-corrected chi connectivity index (χ2v) is 7.77. The lowest BCUT2D eigenvalue weighted by atomic mass is 9.82. The fraction of sp³-hybridized carbons (Fsp3) is 0.545. The van der Waals surface area contributed by atoms with E-state index in [4.69, 9.17) is 16.5 Å². The molecule has 0 saturated heterocycles. The van der Waals surface area contributed by atoms with Crippen molar-refractivity contribution in [2.24, 2.45) is 21.5 Å². The van der Waals surface area contributed by atoms with E-state index in [9.17, 15) is 0 Å². The van der Waals surface area contributed by atoms with Gasteiger partial charge in [-0.25, -0.2) is 4.99 Å². The Labute approximate surface area is 163 Å². The van der Waals surface area contributed by atoms with E-state index < -0.39 is 5.66 Å². The molecule has 146 valence electrons. The summed E-state index contributed by atoms with van der Waals surface area (Å²) in [5, 5.41) is 3.26. The molecule has 1 aliphatic carbocycles. The summed E-state index contributed by atoms with van der Waals surface area (Å²) in [6.45, 7) is 4.57. The van der Waals surface area contributed by atoms with E-state index in [1.807, 2.05) is 20.9 Å². The zero-order valence-electron chi connectivity index (χ0n) is 16.9. The summed E-state index contributed by atoms with van der Waals surface area (Å²) >= 11 is 0. The number of hydrogen-bond acceptors (Lipinski definition) is 5. The first-order valence-corrected chi connectivity index (χ1v) is 10.2. The first-order valence-electron chi connectivity index (χ1n) is 10.2. The minimum absolute atomic E-state index is 0.574. The summed E-state index contributed by atoms with van der Waals surface area (Å²) in [6.07, 6.45) is 7.23. The standard InChI is InChI=1S/C22H33N5/c1-4-26-19-14-22(24,25-3)21(27-20(19)15(2)23)18-12-10-17(11-13-18)16-8-6-5-7-9-16/h10-13,16,25H,4-9,14,23-24H2,1-3H3/b20-15-,26-19?. The van der Waals surface area contributed by atoms with Gasteiger partial charge in [-0.15, -0.1) is 0 Å². The van der Waals surface area contributed by atoms with Gasteiger partial charge in [0.05, 0.1) is 11.4 Å². The summed E-state index contributed by atoms with van der Waals surface area (Å²) in [5.74, 6) is 0.693. The Balaban J connectivity index is 1.98. The summed E-state index contributed by atoms with van der Waals surface area (Å²) in [6, 6.07) is 8.82. The molecule has 2 aliphatic rings. The van der Waals surface area contributed by atoms with Crippen LogP contribution in [0.1, 0.15) is 69.4 Å². The number of hydrogen-bond donors (Lipinski definition) is 3. The SMILES string of the molecule is CCN=C1CC(N)(NC)C(c2ccc(C3CCCCC3)cc2)=N/C1=C(/C)N. The highest BCUT2D eigenvalue weighted by molar-refractivity contribution is 6.17. The number of nitrogens with two attached hydrogens (primary N) is 2. The molecule has 0 aromatic heterocycles. The Hall–Kier alpha value is -1.98. The third kappa shape index (κ3) is 4.14. The lowest BCUT2D eigenvalue weighted by Gasteiger charge is -2.35. The first-order chi connectivity index (χ1) is 13.0. The van der Waals surface area contributed by atoms with E-state index in [0.29, 0.717) is 24.6 Å². The van der Waals surface area contributed by atoms with Gasteiger partial charge in [0.25, 0.3) is 0 Å². The Kier molecular flexibility index (Phi) is 6.12. The zero-order chi connectivity index (χ0) is 19.4. The molecule has 0 spiro atoms. The first kappa shape index (κ1) is 19.8. The summed E-state index contributed by atoms with van der Waals surface area (Å²) in [7, 11) is 1.87. The monoisotopic (exact) mass is 367 g/mol. The van der Waals surface area contributed by atoms with E-state index in [-0.39, 0.29) is 0 Å². The van der Waals surface area contributed by atoms with Crippen molar-refractivity contribution < 1.29 is 0 Å². The molecule has 1 atom stereocenters. The Bertz CT molecular complexity index is 749. The second kappa shape index (κ2) is 8.36. The van der Waals surface area contributed by atoms with Crippen molar-refractivity contribution >= 4 is 11.4 Å². The zero-order valence-corrected chi connectivity index (χ0v) is 16.9. The lowest BCUT2D eigenvalue weighted by Crippen LogP contribution is -2.61. The smallest absolute Gasteiger partial charge is 0.116 e. The van der Waals surface area contributed by atoms with Gasteiger partial charge < -0.3 is 11.5 Å². The Morgan fingerprint density at radius 1 is 1.22 bits per heavy atom. The third-order valence-electron chi connectivity index (χ3n) is 5.80. The number of nitrogens with zero attached hydrogens (tertiary/aromatic N) is 2. The number of allylic oxidation sites excluding steroid dienone is 2. The maximum Gasteiger partial charge on any atom is 0.116 e. The van der Waals surface area contributed by atoms with Crippen LogP contribution in [-0.4, -0.2) is 30.7 Å². The molecule has 0 radical (unpaired) electrons. The van der Waals surface area contributed by atoms with Crippen LogP contribution in [0.4, 0.5) is 0 Å². The van der Waals surface area contributed by atoms with Gasteiger partial charge in [0.15, 0.2) is 0 Å². The molecule has 1 aromatic carbocycles. The van der Waals surface area contributed by atoms with Crippen molar-refractivity contribution in [2.45, 2.75) is 64.0 Å². The molecule has 5 heteroatoms. The van der Waals surface area contributed by atoms with Crippen molar-refractivity contribution in [3.63, 3.8) is 0 Å². The van der Waals surface area contributed by atoms with Crippen molar-refractivity contribution in [1.82, 2.24) is 5.32 Å². The molecule has 1 saturated carbocycles. The van der Waals surface area contributed by atoms with Gasteiger partial charge in [-0.2, -0.15) is 0 Å². The molecule has 3 rings (SSSR count). The van der Waals surface area contributed by atoms with Gasteiger partial charge in [0, 0.05) is 18.7 Å². The number of nitrogens with one attached hydrogen (secondary N) is 1. The molecule has 0 bridgehead atoms. The van der Waals surface area contributed by atoms with Gasteiger partial charge in [-0.1, -0.05) is 43.5 Å². The largest absolute Gasteiger partial charge is 0.400 e. The van der Waals surface area contributed by atoms with Crippen LogP contribution in [0.2, 0.25) is 0 Å². The minimum Gasteiger partial charge on any atom is -0.400 e. The molecule has 1 aliphatic heterocycles. The van der Waals surface area contributed by atoms with Gasteiger partial charge in [-0.05, 0) is 50.8 Å². The van der Waals surface area contributed by atoms with Crippen LogP contribution in [0.5, 0.6) is 0 Å². The molecule has 1 heterocycles. The van der Waals surface area contributed by atoms with Crippen LogP contribution in [0.3, 0.4) is 0 Å². The van der Waals surface area contributed by atoms with Crippen LogP contribution in [0, 0.1) is 0 Å². The topological polar surface area (TPSA) is 88.8 Å². The van der Waals surface area contributed by atoms with E-state index in [1.165, 1.54) is 37.7 Å². The highest BCUT2D eigenvalue weighted by Crippen LogP contribution is 2.33. The van der Waals surface area contributed by atoms with Crippen molar-refractivity contribution in [3.8, 4) is 0 Å². The molecular weight excluding hydrogens is 334 g/mol. The average molecular weight is 368 g/mol. The molecular formula is C22H33N5. The maximum absolute atomic E-state index is 6.71. The van der Waals surface area contributed by atoms with Crippen LogP contribution >= 0.6 is 0 Å². The minimum atomic E-state index is -0.751. The van der Waals surface area contributed by atoms with Crippen LogP contribution in [0.15, 0.2) is 45.6 Å². The van der Waals surface area contributed by atoms with Crippen LogP contribution in [-0.2, 0) is 0 Å². The average Bonchev–Trinajstić information content (AvgIpc) is 2.69. The molecule has 1 aromatic rings. The predicted octanol–water partition coefficient (Wildman–Crippen LogP) is 3.45. The van der Waals surface area contributed by atoms with Crippen LogP contribution < -0.4 is 16.8 Å². The maximum atomic E-state index is 6.71. The molecule has 1 fully saturated rings. The number of benzene rings is 1. The van der Waals surface area contributed by atoms with Gasteiger partial charge >= 0.3 is 0 Å². The van der Waals surface area contributed by atoms with Crippen molar-refractivity contribution in [2.75, 3.05) is 13.6 Å². The van der Waals surface area contributed by atoms with Gasteiger partial charge in [0.1, 0.15) is 11.4 Å². The van der Waals surface area contributed by atoms with Crippen molar-refractivity contribution in [1.29, 1.82) is 0 Å². The van der Waals surface area contributed by atoms with E-state index >= 15 is 0 Å². The fourth-order valence-corrected chi connectivity index (χ4v) is 4.22. The number of aliphatic imine (C=N–C) groups is 2. The summed E-state index contributed by atoms with van der Waals surface area (Å²) in [5.41, 5.74) is 17.7. The fourth-order valence-electron chi connectivity index (χ4n) is 4.22. The number of rotatable bonds is 4. The third-order valence-corrected chi connectivity index (χ3v) is 5.80. The normalized spacial score (nSPS) is 27.6. The Morgan fingerprint density at radius 3 is 2.44 bits per heavy atom. The van der Waals surface area contributed by atoms with Gasteiger partial charge in [0.2, 0.25) is 0 Å². The Morgan fingerprint density at radius 2 is 1.89 bits per heavy atom. The van der Waals surface area contributed by atoms with Crippen LogP contribution in [0.25, 0.3) is 0 Å². The molecule has 5 N–H and O–H groups in total. The number of likely N-dealkylation sites (N-methyl/N-ethyl adjacent to an activating group) is 1. The van der Waals surface area contributed by atoms with Gasteiger partial charge in [-0.3, -0.25) is 10.3 Å². The predicted molar refractivity (Wildman–Crippen MR) is 114 cm³/mol. The highest BCUT2D eigenvalue weighted by Gasteiger charge is 2.37. The summed E-state index contributed by atoms with van der Waals surface area (Å²) < 4.78 is 0. The summed E-state index contributed by atoms with van der Waals surface area (Å²) in [4.78, 5) is 9.46. The van der Waals surface area contributed by atoms with Crippen molar-refractivity contribution in [3.05, 3.63) is 46.8 Å². The second-order valence-electron chi connectivity index (χ2n) is 7.77. The lowest BCUT2D eigenvalue weighted by molar-refractivity contribution is 0.443. The molecule has 5 nitrogen and oxygen atoms in total. The molecule has 0 amide bonds. The molecule has 1 unspecified atom stereocenters. The molecule has 27 heavy (non-hydrogen) atoms. The quantitative estimate of drug-likeness (QED) is 0.712.